The number of benzene rings is 2. The summed E-state index contributed by atoms with van der Waals surface area (Å²) in [5.41, 5.74) is 1.58. The third-order valence-electron chi connectivity index (χ3n) is 3.45. The van der Waals surface area contributed by atoms with Crippen LogP contribution in [-0.4, -0.2) is 23.3 Å². The lowest BCUT2D eigenvalue weighted by Gasteiger charge is -2.11. The Kier molecular flexibility index (Phi) is 5.33. The number of halogens is 1. The van der Waals surface area contributed by atoms with Crippen molar-refractivity contribution in [3.63, 3.8) is 0 Å². The molecule has 1 heterocycles. The highest BCUT2D eigenvalue weighted by molar-refractivity contribution is 8.00. The molecule has 0 unspecified atom stereocenters. The molecule has 4 nitrogen and oxygen atoms in total. The highest BCUT2D eigenvalue weighted by Gasteiger charge is 2.11. The molecule has 0 aliphatic heterocycles. The third-order valence-corrected chi connectivity index (χ3v) is 4.82. The van der Waals surface area contributed by atoms with E-state index in [1.165, 1.54) is 11.8 Å². The first-order valence-electron chi connectivity index (χ1n) is 7.59. The lowest BCUT2D eigenvalue weighted by molar-refractivity contribution is -0.113. The Balaban J connectivity index is 1.66. The second-order valence-corrected chi connectivity index (χ2v) is 6.51. The molecule has 2 aromatic carbocycles. The van der Waals surface area contributed by atoms with Crippen LogP contribution in [0.5, 0.6) is 5.75 Å². The zero-order chi connectivity index (χ0) is 16.9. The second-order valence-electron chi connectivity index (χ2n) is 5.08. The molecule has 1 aromatic heterocycles. The summed E-state index contributed by atoms with van der Waals surface area (Å²) in [5.74, 6) is 0.903. The van der Waals surface area contributed by atoms with Crippen LogP contribution in [0.3, 0.4) is 0 Å². The van der Waals surface area contributed by atoms with E-state index in [9.17, 15) is 4.79 Å². The molecule has 0 spiro atoms. The summed E-state index contributed by atoms with van der Waals surface area (Å²) in [6.45, 7) is 2.47. The molecule has 0 bridgehead atoms. The summed E-state index contributed by atoms with van der Waals surface area (Å²) in [6.07, 6.45) is 1.88. The van der Waals surface area contributed by atoms with Crippen molar-refractivity contribution < 1.29 is 9.53 Å². The van der Waals surface area contributed by atoms with Crippen molar-refractivity contribution in [2.75, 3.05) is 17.7 Å². The summed E-state index contributed by atoms with van der Waals surface area (Å²) in [5, 5.41) is 4.59. The van der Waals surface area contributed by atoms with E-state index in [1.807, 2.05) is 55.6 Å². The molecule has 0 saturated heterocycles. The quantitative estimate of drug-likeness (QED) is 0.611. The van der Waals surface area contributed by atoms with Crippen LogP contribution in [0.1, 0.15) is 6.92 Å². The van der Waals surface area contributed by atoms with Gasteiger partial charge in [0.25, 0.3) is 0 Å². The number of H-pyrrole nitrogens is 1. The van der Waals surface area contributed by atoms with Crippen molar-refractivity contribution in [2.24, 2.45) is 0 Å². The summed E-state index contributed by atoms with van der Waals surface area (Å²) in [6, 6.07) is 13.2. The predicted molar refractivity (Wildman–Crippen MR) is 100 cm³/mol. The summed E-state index contributed by atoms with van der Waals surface area (Å²) < 4.78 is 5.52. The van der Waals surface area contributed by atoms with Gasteiger partial charge in [0.2, 0.25) is 5.91 Å². The van der Waals surface area contributed by atoms with E-state index >= 15 is 0 Å². The molecule has 24 heavy (non-hydrogen) atoms. The molecule has 0 aliphatic rings. The number of thioether (sulfide) groups is 1. The van der Waals surface area contributed by atoms with Crippen molar-refractivity contribution in [2.45, 2.75) is 11.8 Å². The van der Waals surface area contributed by atoms with E-state index in [2.05, 4.69) is 10.3 Å². The van der Waals surface area contributed by atoms with Crippen LogP contribution in [0.25, 0.3) is 10.9 Å². The lowest BCUT2D eigenvalue weighted by atomic mass is 10.2. The maximum absolute atomic E-state index is 12.2. The van der Waals surface area contributed by atoms with E-state index in [0.717, 1.165) is 15.8 Å². The third kappa shape index (κ3) is 3.68. The number of carbonyl (C=O) groups excluding carboxylic acids is 1. The molecule has 2 N–H and O–H groups in total. The monoisotopic (exact) mass is 360 g/mol. The van der Waals surface area contributed by atoms with E-state index < -0.39 is 0 Å². The van der Waals surface area contributed by atoms with Gasteiger partial charge < -0.3 is 15.0 Å². The number of aromatic nitrogens is 1. The molecule has 0 radical (unpaired) electrons. The Morgan fingerprint density at radius 2 is 2.08 bits per heavy atom. The molecule has 0 saturated carbocycles. The Hall–Kier alpha value is -2.11. The number of aromatic amines is 1. The fourth-order valence-electron chi connectivity index (χ4n) is 2.39. The van der Waals surface area contributed by atoms with E-state index in [-0.39, 0.29) is 5.91 Å². The number of hydrogen-bond donors (Lipinski definition) is 2. The first-order chi connectivity index (χ1) is 11.7. The van der Waals surface area contributed by atoms with Gasteiger partial charge in [-0.05, 0) is 25.1 Å². The van der Waals surface area contributed by atoms with Gasteiger partial charge in [-0.1, -0.05) is 35.9 Å². The molecule has 124 valence electrons. The topological polar surface area (TPSA) is 54.1 Å². The largest absolute Gasteiger partial charge is 0.492 e. The van der Waals surface area contributed by atoms with Gasteiger partial charge in [0.05, 0.1) is 28.6 Å². The van der Waals surface area contributed by atoms with Crippen LogP contribution in [0.4, 0.5) is 5.69 Å². The first kappa shape index (κ1) is 16.7. The van der Waals surface area contributed by atoms with Crippen molar-refractivity contribution in [3.8, 4) is 5.75 Å². The van der Waals surface area contributed by atoms with Crippen molar-refractivity contribution in [3.05, 3.63) is 53.7 Å². The van der Waals surface area contributed by atoms with Crippen LogP contribution in [-0.2, 0) is 4.79 Å². The van der Waals surface area contributed by atoms with Gasteiger partial charge in [0.15, 0.2) is 0 Å². The maximum Gasteiger partial charge on any atom is 0.234 e. The van der Waals surface area contributed by atoms with E-state index in [1.54, 1.807) is 0 Å². The highest BCUT2D eigenvalue weighted by atomic mass is 35.5. The molecule has 0 fully saturated rings. The fraction of sp³-hybridized carbons (Fsp3) is 0.167. The van der Waals surface area contributed by atoms with Crippen LogP contribution in [0, 0.1) is 0 Å². The van der Waals surface area contributed by atoms with E-state index in [4.69, 9.17) is 16.3 Å². The minimum atomic E-state index is -0.0801. The minimum absolute atomic E-state index is 0.0801. The summed E-state index contributed by atoms with van der Waals surface area (Å²) >= 11 is 7.62. The van der Waals surface area contributed by atoms with Gasteiger partial charge in [-0.25, -0.2) is 0 Å². The Bertz CT molecular complexity index is 863. The number of ether oxygens (including phenoxy) is 1. The molecule has 3 aromatic rings. The van der Waals surface area contributed by atoms with Crippen LogP contribution in [0.15, 0.2) is 53.6 Å². The Morgan fingerprint density at radius 1 is 1.25 bits per heavy atom. The van der Waals surface area contributed by atoms with Crippen LogP contribution in [0.2, 0.25) is 5.02 Å². The number of anilines is 1. The molecule has 3 rings (SSSR count). The van der Waals surface area contributed by atoms with Crippen molar-refractivity contribution >= 4 is 45.9 Å². The molecule has 0 aliphatic carbocycles. The number of rotatable bonds is 6. The van der Waals surface area contributed by atoms with Crippen molar-refractivity contribution in [1.82, 2.24) is 4.98 Å². The van der Waals surface area contributed by atoms with Gasteiger partial charge in [-0.15, -0.1) is 11.8 Å². The zero-order valence-corrected chi connectivity index (χ0v) is 14.7. The minimum Gasteiger partial charge on any atom is -0.492 e. The molecule has 0 atom stereocenters. The van der Waals surface area contributed by atoms with Crippen LogP contribution < -0.4 is 10.1 Å². The van der Waals surface area contributed by atoms with Gasteiger partial charge >= 0.3 is 0 Å². The summed E-state index contributed by atoms with van der Waals surface area (Å²) in [4.78, 5) is 16.4. The normalized spacial score (nSPS) is 10.8. The molecule has 6 heteroatoms. The molecule has 1 amide bonds. The molecular weight excluding hydrogens is 344 g/mol. The average molecular weight is 361 g/mol. The number of fused-ring (bicyclic) bond motifs is 1. The number of nitrogens with one attached hydrogen (secondary N) is 2. The number of carbonyl (C=O) groups is 1. The van der Waals surface area contributed by atoms with E-state index in [0.29, 0.717) is 28.8 Å². The highest BCUT2D eigenvalue weighted by Crippen LogP contribution is 2.32. The lowest BCUT2D eigenvalue weighted by Crippen LogP contribution is -2.14. The predicted octanol–water partition coefficient (Wildman–Crippen LogP) is 4.95. The smallest absolute Gasteiger partial charge is 0.234 e. The van der Waals surface area contributed by atoms with Gasteiger partial charge in [-0.2, -0.15) is 0 Å². The van der Waals surface area contributed by atoms with Gasteiger partial charge in [0.1, 0.15) is 5.75 Å². The standard InChI is InChI=1S/C18H17ClN2O2S/c1-2-23-15-9-4-3-8-14(15)21-17(22)11-24-16-10-20-18-12(16)6-5-7-13(18)19/h3-10,20H,2,11H2,1H3,(H,21,22). The summed E-state index contributed by atoms with van der Waals surface area (Å²) in [7, 11) is 0. The molecular formula is C18H17ClN2O2S. The number of para-hydroxylation sites is 3. The Morgan fingerprint density at radius 3 is 2.92 bits per heavy atom. The Labute approximate surface area is 149 Å². The number of amides is 1. The SMILES string of the molecule is CCOc1ccccc1NC(=O)CSc1c[nH]c2c(Cl)cccc12. The average Bonchev–Trinajstić information content (AvgIpc) is 3.00. The second kappa shape index (κ2) is 7.64. The van der Waals surface area contributed by atoms with Gasteiger partial charge in [0, 0.05) is 16.5 Å². The fourth-order valence-corrected chi connectivity index (χ4v) is 3.45. The van der Waals surface area contributed by atoms with Crippen molar-refractivity contribution in [1.29, 1.82) is 0 Å². The number of hydrogen-bond acceptors (Lipinski definition) is 3. The zero-order valence-electron chi connectivity index (χ0n) is 13.1. The maximum atomic E-state index is 12.2. The van der Waals surface area contributed by atoms with Crippen LogP contribution >= 0.6 is 23.4 Å². The van der Waals surface area contributed by atoms with Gasteiger partial charge in [-0.3, -0.25) is 4.79 Å². The first-order valence-corrected chi connectivity index (χ1v) is 8.95.